The predicted octanol–water partition coefficient (Wildman–Crippen LogP) is 2.36. The molecule has 1 N–H and O–H groups in total. The Kier molecular flexibility index (Phi) is 7.04. The minimum Gasteiger partial charge on any atom is -0.481 e. The van der Waals surface area contributed by atoms with Gasteiger partial charge in [0.1, 0.15) is 0 Å². The van der Waals surface area contributed by atoms with Gasteiger partial charge in [0, 0.05) is 38.3 Å². The molecule has 2 rings (SSSR count). The molecule has 1 amide bonds. The van der Waals surface area contributed by atoms with E-state index in [9.17, 15) is 22.8 Å². The van der Waals surface area contributed by atoms with Gasteiger partial charge in [-0.2, -0.15) is 13.2 Å². The number of hydrogen-bond donors (Lipinski definition) is 1. The molecule has 0 bridgehead atoms. The lowest BCUT2D eigenvalue weighted by Gasteiger charge is -2.34. The van der Waals surface area contributed by atoms with E-state index in [4.69, 9.17) is 5.11 Å². The van der Waals surface area contributed by atoms with Crippen molar-refractivity contribution in [2.45, 2.75) is 12.6 Å². The highest BCUT2D eigenvalue weighted by Crippen LogP contribution is 2.29. The third kappa shape index (κ3) is 5.38. The number of carboxylic acid groups (broad SMARTS) is 1. The highest BCUT2D eigenvalue weighted by molar-refractivity contribution is 5.94. The second-order valence-corrected chi connectivity index (χ2v) is 5.36. The van der Waals surface area contributed by atoms with Crippen LogP contribution in [-0.2, 0) is 11.0 Å². The first-order chi connectivity index (χ1) is 10.8. The molecule has 134 valence electrons. The third-order valence-corrected chi connectivity index (χ3v) is 3.74. The smallest absolute Gasteiger partial charge is 0.416 e. The number of piperazine rings is 1. The summed E-state index contributed by atoms with van der Waals surface area (Å²) in [7, 11) is 0. The number of rotatable bonds is 4. The molecule has 9 heteroatoms. The number of carboxylic acids is 1. The van der Waals surface area contributed by atoms with Crippen molar-refractivity contribution in [2.75, 3.05) is 32.7 Å². The molecule has 0 aromatic heterocycles. The molecule has 1 heterocycles. The molecule has 1 aliphatic rings. The zero-order chi connectivity index (χ0) is 17.0. The Bertz CT molecular complexity index is 588. The van der Waals surface area contributed by atoms with E-state index >= 15 is 0 Å². The highest BCUT2D eigenvalue weighted by Gasteiger charge is 2.31. The molecule has 1 aliphatic heterocycles. The Morgan fingerprint density at radius 2 is 1.75 bits per heavy atom. The maximum Gasteiger partial charge on any atom is 0.416 e. The van der Waals surface area contributed by atoms with Gasteiger partial charge >= 0.3 is 12.1 Å². The fourth-order valence-corrected chi connectivity index (χ4v) is 2.44. The molecule has 0 spiro atoms. The van der Waals surface area contributed by atoms with Gasteiger partial charge in [0.25, 0.3) is 5.91 Å². The minimum atomic E-state index is -4.48. The quantitative estimate of drug-likeness (QED) is 0.888. The Hall–Kier alpha value is -1.80. The molecule has 1 saturated heterocycles. The van der Waals surface area contributed by atoms with Crippen molar-refractivity contribution < 1.29 is 27.9 Å². The summed E-state index contributed by atoms with van der Waals surface area (Å²) in [5.41, 5.74) is -0.831. The fraction of sp³-hybridized carbons (Fsp3) is 0.467. The number of amides is 1. The molecule has 0 radical (unpaired) electrons. The van der Waals surface area contributed by atoms with Gasteiger partial charge in [0.05, 0.1) is 12.0 Å². The SMILES string of the molecule is Cl.O=C(O)CCN1CCN(C(=O)c2cccc(C(F)(F)F)c2)CC1. The van der Waals surface area contributed by atoms with Crippen LogP contribution >= 0.6 is 12.4 Å². The third-order valence-electron chi connectivity index (χ3n) is 3.74. The van der Waals surface area contributed by atoms with E-state index in [-0.39, 0.29) is 24.4 Å². The molecule has 0 unspecified atom stereocenters. The van der Waals surface area contributed by atoms with Crippen molar-refractivity contribution in [3.63, 3.8) is 0 Å². The van der Waals surface area contributed by atoms with Crippen LogP contribution in [0.4, 0.5) is 13.2 Å². The first-order valence-corrected chi connectivity index (χ1v) is 7.18. The van der Waals surface area contributed by atoms with Crippen LogP contribution in [0.3, 0.4) is 0 Å². The van der Waals surface area contributed by atoms with Gasteiger partial charge in [-0.1, -0.05) is 6.07 Å². The minimum absolute atomic E-state index is 0. The number of aliphatic carboxylic acids is 1. The summed E-state index contributed by atoms with van der Waals surface area (Å²) in [4.78, 5) is 26.2. The van der Waals surface area contributed by atoms with Crippen molar-refractivity contribution in [1.82, 2.24) is 9.80 Å². The molecular weight excluding hydrogens is 349 g/mol. The standard InChI is InChI=1S/C15H17F3N2O3.ClH/c16-15(17,18)12-3-1-2-11(10-12)14(23)20-8-6-19(7-9-20)5-4-13(21)22;/h1-3,10H,4-9H2,(H,21,22);1H. The van der Waals surface area contributed by atoms with Crippen LogP contribution in [0.2, 0.25) is 0 Å². The summed E-state index contributed by atoms with van der Waals surface area (Å²) in [5.74, 6) is -1.32. The Balaban J connectivity index is 0.00000288. The number of halogens is 4. The van der Waals surface area contributed by atoms with E-state index < -0.39 is 23.6 Å². The lowest BCUT2D eigenvalue weighted by molar-refractivity contribution is -0.138. The fourth-order valence-electron chi connectivity index (χ4n) is 2.44. The molecule has 5 nitrogen and oxygen atoms in total. The zero-order valence-corrected chi connectivity index (χ0v) is 13.6. The van der Waals surface area contributed by atoms with E-state index in [1.807, 2.05) is 4.90 Å². The Morgan fingerprint density at radius 1 is 1.12 bits per heavy atom. The molecule has 1 aromatic rings. The van der Waals surface area contributed by atoms with Crippen LogP contribution in [0, 0.1) is 0 Å². The number of carbonyl (C=O) groups excluding carboxylic acids is 1. The molecule has 0 atom stereocenters. The maximum absolute atomic E-state index is 12.7. The summed E-state index contributed by atoms with van der Waals surface area (Å²) >= 11 is 0. The number of carbonyl (C=O) groups is 2. The normalized spacial score (nSPS) is 15.7. The molecule has 0 aliphatic carbocycles. The van der Waals surface area contributed by atoms with E-state index in [0.717, 1.165) is 12.1 Å². The Labute approximate surface area is 143 Å². The average Bonchev–Trinajstić information content (AvgIpc) is 2.52. The Morgan fingerprint density at radius 3 is 2.29 bits per heavy atom. The van der Waals surface area contributed by atoms with E-state index in [0.29, 0.717) is 32.7 Å². The molecule has 1 fully saturated rings. The number of alkyl halides is 3. The van der Waals surface area contributed by atoms with Crippen LogP contribution in [0.25, 0.3) is 0 Å². The van der Waals surface area contributed by atoms with Crippen molar-refractivity contribution in [2.24, 2.45) is 0 Å². The van der Waals surface area contributed by atoms with Gasteiger partial charge in [0.2, 0.25) is 0 Å². The molecular formula is C15H18ClF3N2O3. The molecule has 1 aromatic carbocycles. The summed E-state index contributed by atoms with van der Waals surface area (Å²) in [6, 6.07) is 4.38. The number of hydrogen-bond acceptors (Lipinski definition) is 3. The van der Waals surface area contributed by atoms with Crippen molar-refractivity contribution >= 4 is 24.3 Å². The van der Waals surface area contributed by atoms with Gasteiger partial charge in [0.15, 0.2) is 0 Å². The summed E-state index contributed by atoms with van der Waals surface area (Å²) in [6.45, 7) is 2.17. The highest BCUT2D eigenvalue weighted by atomic mass is 35.5. The second kappa shape index (κ2) is 8.34. The van der Waals surface area contributed by atoms with E-state index in [1.54, 1.807) is 0 Å². The monoisotopic (exact) mass is 366 g/mol. The molecule has 24 heavy (non-hydrogen) atoms. The van der Waals surface area contributed by atoms with Crippen LogP contribution in [0.1, 0.15) is 22.3 Å². The first-order valence-electron chi connectivity index (χ1n) is 7.18. The summed E-state index contributed by atoms with van der Waals surface area (Å²) < 4.78 is 38.1. The second-order valence-electron chi connectivity index (χ2n) is 5.36. The van der Waals surface area contributed by atoms with Crippen LogP contribution in [0.5, 0.6) is 0 Å². The van der Waals surface area contributed by atoms with Gasteiger partial charge < -0.3 is 10.0 Å². The van der Waals surface area contributed by atoms with Crippen LogP contribution in [0.15, 0.2) is 24.3 Å². The lowest BCUT2D eigenvalue weighted by atomic mass is 10.1. The van der Waals surface area contributed by atoms with Crippen LogP contribution < -0.4 is 0 Å². The number of benzene rings is 1. The maximum atomic E-state index is 12.7. The average molecular weight is 367 g/mol. The van der Waals surface area contributed by atoms with Crippen molar-refractivity contribution in [3.8, 4) is 0 Å². The van der Waals surface area contributed by atoms with Gasteiger partial charge in [-0.25, -0.2) is 0 Å². The largest absolute Gasteiger partial charge is 0.481 e. The van der Waals surface area contributed by atoms with Crippen LogP contribution in [-0.4, -0.2) is 59.5 Å². The lowest BCUT2D eigenvalue weighted by Crippen LogP contribution is -2.49. The number of nitrogens with zero attached hydrogens (tertiary/aromatic N) is 2. The van der Waals surface area contributed by atoms with Crippen molar-refractivity contribution in [3.05, 3.63) is 35.4 Å². The summed E-state index contributed by atoms with van der Waals surface area (Å²) in [6.07, 6.45) is -4.45. The van der Waals surface area contributed by atoms with E-state index in [2.05, 4.69) is 0 Å². The topological polar surface area (TPSA) is 60.9 Å². The predicted molar refractivity (Wildman–Crippen MR) is 83.3 cm³/mol. The van der Waals surface area contributed by atoms with E-state index in [1.165, 1.54) is 17.0 Å². The van der Waals surface area contributed by atoms with Crippen molar-refractivity contribution in [1.29, 1.82) is 0 Å². The first kappa shape index (κ1) is 20.2. The zero-order valence-electron chi connectivity index (χ0n) is 12.8. The molecule has 0 saturated carbocycles. The van der Waals surface area contributed by atoms with Gasteiger partial charge in [-0.15, -0.1) is 12.4 Å². The van der Waals surface area contributed by atoms with Gasteiger partial charge in [-0.05, 0) is 18.2 Å². The van der Waals surface area contributed by atoms with Gasteiger partial charge in [-0.3, -0.25) is 14.5 Å². The summed E-state index contributed by atoms with van der Waals surface area (Å²) in [5, 5.41) is 8.64.